The molecule has 1 saturated heterocycles. The summed E-state index contributed by atoms with van der Waals surface area (Å²) >= 11 is 0. The zero-order chi connectivity index (χ0) is 14.7. The van der Waals surface area contributed by atoms with Gasteiger partial charge in [-0.05, 0) is 25.3 Å². The SMILES string of the molecule is Cc1oncc1C(=O)N1CCCC[C@@H](c2ccccc2)C1. The van der Waals surface area contributed by atoms with Gasteiger partial charge in [0.15, 0.2) is 0 Å². The van der Waals surface area contributed by atoms with Gasteiger partial charge in [-0.25, -0.2) is 0 Å². The van der Waals surface area contributed by atoms with Gasteiger partial charge in [0.1, 0.15) is 11.3 Å². The molecule has 1 atom stereocenters. The number of carbonyl (C=O) groups excluding carboxylic acids is 1. The number of hydrogen-bond donors (Lipinski definition) is 0. The van der Waals surface area contributed by atoms with Gasteiger partial charge in [0.25, 0.3) is 5.91 Å². The highest BCUT2D eigenvalue weighted by atomic mass is 16.5. The summed E-state index contributed by atoms with van der Waals surface area (Å²) in [7, 11) is 0. The maximum absolute atomic E-state index is 12.6. The molecular formula is C17H20N2O2. The highest BCUT2D eigenvalue weighted by Gasteiger charge is 2.25. The van der Waals surface area contributed by atoms with E-state index in [1.54, 1.807) is 6.92 Å². The topological polar surface area (TPSA) is 46.3 Å². The molecule has 0 aliphatic carbocycles. The summed E-state index contributed by atoms with van der Waals surface area (Å²) in [6.07, 6.45) is 4.88. The van der Waals surface area contributed by atoms with Crippen molar-refractivity contribution in [2.45, 2.75) is 32.1 Å². The lowest BCUT2D eigenvalue weighted by atomic mass is 9.94. The number of aromatic nitrogens is 1. The van der Waals surface area contributed by atoms with Crippen molar-refractivity contribution in [3.63, 3.8) is 0 Å². The molecule has 21 heavy (non-hydrogen) atoms. The van der Waals surface area contributed by atoms with E-state index in [-0.39, 0.29) is 5.91 Å². The molecule has 0 spiro atoms. The van der Waals surface area contributed by atoms with Gasteiger partial charge in [-0.3, -0.25) is 4.79 Å². The van der Waals surface area contributed by atoms with E-state index in [0.29, 0.717) is 17.2 Å². The van der Waals surface area contributed by atoms with Crippen LogP contribution in [-0.4, -0.2) is 29.1 Å². The lowest BCUT2D eigenvalue weighted by Crippen LogP contribution is -2.34. The number of likely N-dealkylation sites (tertiary alicyclic amines) is 1. The molecular weight excluding hydrogens is 264 g/mol. The fraction of sp³-hybridized carbons (Fsp3) is 0.412. The van der Waals surface area contributed by atoms with E-state index in [9.17, 15) is 4.79 Å². The molecule has 110 valence electrons. The molecule has 0 unspecified atom stereocenters. The van der Waals surface area contributed by atoms with Crippen LogP contribution < -0.4 is 0 Å². The fourth-order valence-corrected chi connectivity index (χ4v) is 3.00. The molecule has 2 aromatic rings. The first-order valence-corrected chi connectivity index (χ1v) is 7.51. The molecule has 0 N–H and O–H groups in total. The zero-order valence-electron chi connectivity index (χ0n) is 12.3. The largest absolute Gasteiger partial charge is 0.361 e. The second-order valence-corrected chi connectivity index (χ2v) is 5.65. The van der Waals surface area contributed by atoms with Crippen molar-refractivity contribution in [3.8, 4) is 0 Å². The van der Waals surface area contributed by atoms with Crippen molar-refractivity contribution < 1.29 is 9.32 Å². The number of benzene rings is 1. The average Bonchev–Trinajstić information content (AvgIpc) is 2.80. The van der Waals surface area contributed by atoms with E-state index in [1.807, 2.05) is 11.0 Å². The first-order valence-electron chi connectivity index (χ1n) is 7.51. The normalized spacial score (nSPS) is 19.3. The minimum Gasteiger partial charge on any atom is -0.361 e. The van der Waals surface area contributed by atoms with Crippen LogP contribution in [0.5, 0.6) is 0 Å². The summed E-state index contributed by atoms with van der Waals surface area (Å²) in [5.74, 6) is 1.05. The molecule has 1 aromatic carbocycles. The summed E-state index contributed by atoms with van der Waals surface area (Å²) in [4.78, 5) is 14.6. The molecule has 0 radical (unpaired) electrons. The van der Waals surface area contributed by atoms with Crippen molar-refractivity contribution >= 4 is 5.91 Å². The van der Waals surface area contributed by atoms with Gasteiger partial charge in [-0.2, -0.15) is 0 Å². The Kier molecular flexibility index (Phi) is 4.04. The first-order chi connectivity index (χ1) is 10.3. The van der Waals surface area contributed by atoms with E-state index in [0.717, 1.165) is 32.4 Å². The van der Waals surface area contributed by atoms with Crippen LogP contribution in [0.15, 0.2) is 41.1 Å². The molecule has 4 nitrogen and oxygen atoms in total. The monoisotopic (exact) mass is 284 g/mol. The second kappa shape index (κ2) is 6.12. The summed E-state index contributed by atoms with van der Waals surface area (Å²) in [5, 5.41) is 3.72. The van der Waals surface area contributed by atoms with Crippen LogP contribution in [-0.2, 0) is 0 Å². The molecule has 1 amide bonds. The highest BCUT2D eigenvalue weighted by molar-refractivity contribution is 5.94. The quantitative estimate of drug-likeness (QED) is 0.849. The fourth-order valence-electron chi connectivity index (χ4n) is 3.00. The average molecular weight is 284 g/mol. The molecule has 1 aliphatic heterocycles. The lowest BCUT2D eigenvalue weighted by molar-refractivity contribution is 0.0752. The Labute approximate surface area is 124 Å². The molecule has 4 heteroatoms. The lowest BCUT2D eigenvalue weighted by Gasteiger charge is -2.24. The minimum absolute atomic E-state index is 0.0385. The smallest absolute Gasteiger partial charge is 0.259 e. The third-order valence-electron chi connectivity index (χ3n) is 4.21. The Morgan fingerprint density at radius 3 is 2.81 bits per heavy atom. The van der Waals surface area contributed by atoms with E-state index in [1.165, 1.54) is 11.8 Å². The molecule has 3 rings (SSSR count). The highest BCUT2D eigenvalue weighted by Crippen LogP contribution is 2.27. The summed E-state index contributed by atoms with van der Waals surface area (Å²) in [6.45, 7) is 3.37. The van der Waals surface area contributed by atoms with Crippen molar-refractivity contribution in [2.75, 3.05) is 13.1 Å². The van der Waals surface area contributed by atoms with Crippen LogP contribution in [0, 0.1) is 6.92 Å². The molecule has 1 aliphatic rings. The van der Waals surface area contributed by atoms with E-state index < -0.39 is 0 Å². The summed E-state index contributed by atoms with van der Waals surface area (Å²) in [6, 6.07) is 10.5. The maximum atomic E-state index is 12.6. The Bertz CT molecular complexity index is 606. The second-order valence-electron chi connectivity index (χ2n) is 5.65. The van der Waals surface area contributed by atoms with Crippen LogP contribution in [0.4, 0.5) is 0 Å². The van der Waals surface area contributed by atoms with Gasteiger partial charge >= 0.3 is 0 Å². The Balaban J connectivity index is 1.79. The summed E-state index contributed by atoms with van der Waals surface area (Å²) in [5.41, 5.74) is 1.91. The summed E-state index contributed by atoms with van der Waals surface area (Å²) < 4.78 is 5.02. The van der Waals surface area contributed by atoms with Crippen molar-refractivity contribution in [2.24, 2.45) is 0 Å². The van der Waals surface area contributed by atoms with Crippen LogP contribution in [0.1, 0.15) is 46.9 Å². The van der Waals surface area contributed by atoms with E-state index in [2.05, 4.69) is 29.4 Å². The first kappa shape index (κ1) is 13.9. The predicted octanol–water partition coefficient (Wildman–Crippen LogP) is 3.39. The van der Waals surface area contributed by atoms with Gasteiger partial charge < -0.3 is 9.42 Å². The van der Waals surface area contributed by atoms with Gasteiger partial charge in [0, 0.05) is 19.0 Å². The third kappa shape index (κ3) is 2.99. The number of amides is 1. The number of rotatable bonds is 2. The maximum Gasteiger partial charge on any atom is 0.259 e. The molecule has 2 heterocycles. The van der Waals surface area contributed by atoms with Crippen LogP contribution >= 0.6 is 0 Å². The van der Waals surface area contributed by atoms with Gasteiger partial charge in [-0.15, -0.1) is 0 Å². The standard InChI is InChI=1S/C17H20N2O2/c1-13-16(11-18-21-13)17(20)19-10-6-5-9-15(12-19)14-7-3-2-4-8-14/h2-4,7-8,11,15H,5-6,9-10,12H2,1H3/t15-/m1/s1. The minimum atomic E-state index is 0.0385. The van der Waals surface area contributed by atoms with Gasteiger partial charge in [0.2, 0.25) is 0 Å². The Morgan fingerprint density at radius 1 is 1.29 bits per heavy atom. The predicted molar refractivity (Wildman–Crippen MR) is 80.2 cm³/mol. The Morgan fingerprint density at radius 2 is 2.10 bits per heavy atom. The number of aryl methyl sites for hydroxylation is 1. The van der Waals surface area contributed by atoms with Crippen LogP contribution in [0.3, 0.4) is 0 Å². The van der Waals surface area contributed by atoms with Crippen molar-refractivity contribution in [1.82, 2.24) is 10.1 Å². The van der Waals surface area contributed by atoms with E-state index in [4.69, 9.17) is 4.52 Å². The van der Waals surface area contributed by atoms with Crippen LogP contribution in [0.2, 0.25) is 0 Å². The zero-order valence-corrected chi connectivity index (χ0v) is 12.3. The molecule has 0 bridgehead atoms. The number of carbonyl (C=O) groups is 1. The molecule has 1 aromatic heterocycles. The third-order valence-corrected chi connectivity index (χ3v) is 4.21. The Hall–Kier alpha value is -2.10. The van der Waals surface area contributed by atoms with Gasteiger partial charge in [-0.1, -0.05) is 41.9 Å². The molecule has 0 saturated carbocycles. The van der Waals surface area contributed by atoms with Gasteiger partial charge in [0.05, 0.1) is 6.20 Å². The van der Waals surface area contributed by atoms with Crippen molar-refractivity contribution in [3.05, 3.63) is 53.4 Å². The van der Waals surface area contributed by atoms with E-state index >= 15 is 0 Å². The number of nitrogens with zero attached hydrogens (tertiary/aromatic N) is 2. The van der Waals surface area contributed by atoms with Crippen LogP contribution in [0.25, 0.3) is 0 Å². The van der Waals surface area contributed by atoms with Crippen molar-refractivity contribution in [1.29, 1.82) is 0 Å². The molecule has 1 fully saturated rings. The number of hydrogen-bond acceptors (Lipinski definition) is 3.